The summed E-state index contributed by atoms with van der Waals surface area (Å²) < 4.78 is 18.6. The molecule has 0 radical (unpaired) electrons. The van der Waals surface area contributed by atoms with Crippen molar-refractivity contribution in [2.24, 2.45) is 0 Å². The van der Waals surface area contributed by atoms with Crippen molar-refractivity contribution in [3.05, 3.63) is 56.2 Å². The molecule has 0 spiro atoms. The van der Waals surface area contributed by atoms with Crippen LogP contribution >= 0.6 is 45.5 Å². The van der Waals surface area contributed by atoms with Crippen molar-refractivity contribution in [2.45, 2.75) is 9.78 Å². The molecule has 0 amide bonds. The van der Waals surface area contributed by atoms with Crippen molar-refractivity contribution in [1.29, 1.82) is 0 Å². The minimum absolute atomic E-state index is 0.0286. The Kier molecular flexibility index (Phi) is 3.87. The highest BCUT2D eigenvalue weighted by Gasteiger charge is 2.39. The van der Waals surface area contributed by atoms with Crippen LogP contribution in [0.25, 0.3) is 0 Å². The number of carbonyl (C=O) groups is 1. The summed E-state index contributed by atoms with van der Waals surface area (Å²) in [7, 11) is 0. The number of halogens is 3. The van der Waals surface area contributed by atoms with Gasteiger partial charge < -0.3 is 4.74 Å². The number of fused-ring (bicyclic) bond motifs is 1. The third-order valence-corrected chi connectivity index (χ3v) is 5.18. The lowest BCUT2D eigenvalue weighted by Crippen LogP contribution is -2.29. The second kappa shape index (κ2) is 5.36. The van der Waals surface area contributed by atoms with Crippen molar-refractivity contribution in [3.63, 3.8) is 0 Å². The van der Waals surface area contributed by atoms with Crippen molar-refractivity contribution < 1.29 is 13.9 Å². The molecule has 2 atom stereocenters. The molecule has 0 bridgehead atoms. The van der Waals surface area contributed by atoms with Gasteiger partial charge in [0.15, 0.2) is 6.29 Å². The highest BCUT2D eigenvalue weighted by Crippen LogP contribution is 2.46. The van der Waals surface area contributed by atoms with Gasteiger partial charge in [-0.05, 0) is 57.3 Å². The van der Waals surface area contributed by atoms with Crippen LogP contribution in [0, 0.1) is 0 Å². The predicted molar refractivity (Wildman–Crippen MR) is 85.8 cm³/mol. The van der Waals surface area contributed by atoms with E-state index in [4.69, 9.17) is 16.3 Å². The predicted octanol–water partition coefficient (Wildman–Crippen LogP) is 4.89. The minimum atomic E-state index is -1.56. The summed E-state index contributed by atoms with van der Waals surface area (Å²) in [4.78, 5) is 11.4. The number of aldehydes is 1. The number of ether oxygens (including phenoxy) is 1. The number of carbonyl (C=O) groups excluding carboxylic acids is 1. The molecule has 2 nitrogen and oxygen atoms in total. The van der Waals surface area contributed by atoms with E-state index in [1.54, 1.807) is 46.9 Å². The van der Waals surface area contributed by atoms with Gasteiger partial charge >= 0.3 is 0 Å². The van der Waals surface area contributed by atoms with E-state index in [0.717, 1.165) is 17.4 Å². The zero-order valence-electron chi connectivity index (χ0n) is 10.1. The van der Waals surface area contributed by atoms with Gasteiger partial charge in [-0.15, -0.1) is 11.3 Å². The molecule has 0 aliphatic carbocycles. The largest absolute Gasteiger partial charge is 0.364 e. The van der Waals surface area contributed by atoms with Crippen LogP contribution in [0.3, 0.4) is 0 Å². The molecule has 2 aromatic rings. The molecule has 104 valence electrons. The van der Waals surface area contributed by atoms with Crippen LogP contribution in [0.5, 0.6) is 0 Å². The fourth-order valence-electron chi connectivity index (χ4n) is 2.28. The average Bonchev–Trinajstić information content (AvgIpc) is 2.87. The molecule has 3 rings (SSSR count). The highest BCUT2D eigenvalue weighted by atomic mass is 127. The molecule has 0 saturated heterocycles. The summed E-state index contributed by atoms with van der Waals surface area (Å²) >= 11 is 9.11. The summed E-state index contributed by atoms with van der Waals surface area (Å²) in [6.45, 7) is -0.0286. The van der Waals surface area contributed by atoms with Crippen LogP contribution in [0.2, 0.25) is 5.02 Å². The zero-order chi connectivity index (χ0) is 14.3. The standard InChI is InChI=1S/C14H9ClFIO2S/c15-9-1-2-12-11(4-9)13(19-7-14(12,16)17)8-3-10(5-18)20-6-8/h1-6,13H,7H2. The van der Waals surface area contributed by atoms with Crippen molar-refractivity contribution in [2.75, 3.05) is 6.61 Å². The molecular weight excluding hydrogens is 414 g/mol. The second-order valence-electron chi connectivity index (χ2n) is 4.53. The molecule has 20 heavy (non-hydrogen) atoms. The number of hydrogen-bond acceptors (Lipinski definition) is 3. The van der Waals surface area contributed by atoms with Crippen molar-refractivity contribution in [3.8, 4) is 0 Å². The molecule has 1 aliphatic heterocycles. The Morgan fingerprint density at radius 1 is 1.50 bits per heavy atom. The maximum Gasteiger partial charge on any atom is 0.209 e. The summed E-state index contributed by atoms with van der Waals surface area (Å²) in [6, 6.07) is 6.88. The Hall–Kier alpha value is -0.500. The quantitative estimate of drug-likeness (QED) is 0.391. The Labute approximate surface area is 138 Å². The van der Waals surface area contributed by atoms with E-state index in [1.807, 2.05) is 5.38 Å². The first-order valence-corrected chi connectivity index (χ1v) is 8.18. The number of thiophene rings is 1. The molecule has 2 heterocycles. The van der Waals surface area contributed by atoms with E-state index in [2.05, 4.69) is 0 Å². The summed E-state index contributed by atoms with van der Waals surface area (Å²) in [5.74, 6) is 0. The first-order valence-electron chi connectivity index (χ1n) is 5.84. The lowest BCUT2D eigenvalue weighted by Gasteiger charge is -2.33. The zero-order valence-corrected chi connectivity index (χ0v) is 13.8. The summed E-state index contributed by atoms with van der Waals surface area (Å²) in [5.41, 5.74) is 2.15. The van der Waals surface area contributed by atoms with Crippen LogP contribution in [-0.2, 0) is 8.41 Å². The fraction of sp³-hybridized carbons (Fsp3) is 0.214. The third kappa shape index (κ3) is 2.52. The number of hydrogen-bond donors (Lipinski definition) is 0. The molecular formula is C14H9ClFIO2S. The van der Waals surface area contributed by atoms with Crippen LogP contribution in [0.1, 0.15) is 32.5 Å². The smallest absolute Gasteiger partial charge is 0.209 e. The Balaban J connectivity index is 2.11. The first kappa shape index (κ1) is 14.4. The maximum absolute atomic E-state index is 14.5. The lowest BCUT2D eigenvalue weighted by molar-refractivity contribution is 0.0132. The van der Waals surface area contributed by atoms with Gasteiger partial charge in [-0.1, -0.05) is 17.7 Å². The average molecular weight is 423 g/mol. The molecule has 1 aromatic carbocycles. The van der Waals surface area contributed by atoms with Gasteiger partial charge in [0, 0.05) is 10.6 Å². The van der Waals surface area contributed by atoms with Crippen LogP contribution in [0.4, 0.5) is 4.39 Å². The monoisotopic (exact) mass is 422 g/mol. The third-order valence-electron chi connectivity index (χ3n) is 3.18. The molecule has 0 saturated carbocycles. The summed E-state index contributed by atoms with van der Waals surface area (Å²) in [6.07, 6.45) is 0.417. The lowest BCUT2D eigenvalue weighted by atomic mass is 9.93. The van der Waals surface area contributed by atoms with Gasteiger partial charge in [0.25, 0.3) is 0 Å². The molecule has 1 aliphatic rings. The van der Waals surface area contributed by atoms with E-state index in [1.165, 1.54) is 11.3 Å². The van der Waals surface area contributed by atoms with E-state index in [0.29, 0.717) is 15.5 Å². The van der Waals surface area contributed by atoms with Crippen LogP contribution < -0.4 is 0 Å². The first-order chi connectivity index (χ1) is 9.51. The van der Waals surface area contributed by atoms with Gasteiger partial charge in [0.2, 0.25) is 3.68 Å². The van der Waals surface area contributed by atoms with Gasteiger partial charge in [-0.2, -0.15) is 0 Å². The normalized spacial score (nSPS) is 25.2. The Bertz CT molecular complexity index is 671. The number of alkyl halides is 2. The molecule has 2 unspecified atom stereocenters. The van der Waals surface area contributed by atoms with Gasteiger partial charge in [0.1, 0.15) is 6.10 Å². The van der Waals surface area contributed by atoms with Gasteiger partial charge in [-0.3, -0.25) is 4.79 Å². The Morgan fingerprint density at radius 2 is 2.30 bits per heavy atom. The molecule has 0 N–H and O–H groups in total. The Morgan fingerprint density at radius 3 is 3.00 bits per heavy atom. The SMILES string of the molecule is O=Cc1cc(C2OCC(F)(I)c3ccc(Cl)cc32)cs1. The van der Waals surface area contributed by atoms with E-state index >= 15 is 0 Å². The number of rotatable bonds is 2. The maximum atomic E-state index is 14.5. The minimum Gasteiger partial charge on any atom is -0.364 e. The fourth-order valence-corrected chi connectivity index (χ4v) is 3.86. The highest BCUT2D eigenvalue weighted by molar-refractivity contribution is 14.1. The van der Waals surface area contributed by atoms with Gasteiger partial charge in [-0.25, -0.2) is 4.39 Å². The van der Waals surface area contributed by atoms with Crippen LogP contribution in [-0.4, -0.2) is 12.9 Å². The molecule has 0 fully saturated rings. The summed E-state index contributed by atoms with van der Waals surface area (Å²) in [5, 5.41) is 2.40. The number of benzene rings is 1. The van der Waals surface area contributed by atoms with Gasteiger partial charge in [0.05, 0.1) is 11.5 Å². The molecule has 1 aromatic heterocycles. The van der Waals surface area contributed by atoms with Crippen molar-refractivity contribution in [1.82, 2.24) is 0 Å². The van der Waals surface area contributed by atoms with E-state index in [9.17, 15) is 9.18 Å². The van der Waals surface area contributed by atoms with Crippen LogP contribution in [0.15, 0.2) is 29.6 Å². The topological polar surface area (TPSA) is 26.3 Å². The second-order valence-corrected chi connectivity index (χ2v) is 7.62. The van der Waals surface area contributed by atoms with E-state index in [-0.39, 0.29) is 12.7 Å². The van der Waals surface area contributed by atoms with Crippen molar-refractivity contribution >= 4 is 51.8 Å². The van der Waals surface area contributed by atoms with E-state index < -0.39 is 3.68 Å². The molecule has 6 heteroatoms.